The summed E-state index contributed by atoms with van der Waals surface area (Å²) in [6.07, 6.45) is 2.77. The van der Waals surface area contributed by atoms with Gasteiger partial charge in [0.25, 0.3) is 0 Å². The van der Waals surface area contributed by atoms with Crippen LogP contribution in [0.1, 0.15) is 30.5 Å². The molecule has 1 fully saturated rings. The second-order valence-electron chi connectivity index (χ2n) is 6.21. The second kappa shape index (κ2) is 6.88. The summed E-state index contributed by atoms with van der Waals surface area (Å²) in [5.74, 6) is 1.07. The van der Waals surface area contributed by atoms with Gasteiger partial charge in [0.15, 0.2) is 17.3 Å². The predicted molar refractivity (Wildman–Crippen MR) is 91.9 cm³/mol. The molecule has 25 heavy (non-hydrogen) atoms. The first-order valence-electron chi connectivity index (χ1n) is 8.33. The maximum absolute atomic E-state index is 12.4. The summed E-state index contributed by atoms with van der Waals surface area (Å²) in [6, 6.07) is 3.14. The van der Waals surface area contributed by atoms with Crippen LogP contribution in [-0.4, -0.2) is 50.6 Å². The Morgan fingerprint density at radius 2 is 1.88 bits per heavy atom. The molecule has 1 unspecified atom stereocenters. The van der Waals surface area contributed by atoms with Crippen LogP contribution in [0.2, 0.25) is 0 Å². The third-order valence-corrected chi connectivity index (χ3v) is 5.08. The highest BCUT2D eigenvalue weighted by Gasteiger charge is 2.44. The highest BCUT2D eigenvalue weighted by Crippen LogP contribution is 2.45. The lowest BCUT2D eigenvalue weighted by molar-refractivity contribution is -0.149. The highest BCUT2D eigenvalue weighted by atomic mass is 16.5. The van der Waals surface area contributed by atoms with Crippen molar-refractivity contribution < 1.29 is 23.8 Å². The van der Waals surface area contributed by atoms with E-state index in [1.807, 2.05) is 25.1 Å². The monoisotopic (exact) mass is 345 g/mol. The quantitative estimate of drug-likeness (QED) is 0.617. The number of carbonyl (C=O) groups is 2. The number of hydrogen-bond acceptors (Lipinski definition) is 6. The number of piperidine rings is 1. The van der Waals surface area contributed by atoms with Crippen LogP contribution in [0.3, 0.4) is 0 Å². The first kappa shape index (κ1) is 17.5. The molecule has 0 radical (unpaired) electrons. The Morgan fingerprint density at radius 3 is 2.48 bits per heavy atom. The third-order valence-electron chi connectivity index (χ3n) is 5.08. The number of carbonyl (C=O) groups excluding carboxylic acids is 2. The zero-order valence-electron chi connectivity index (χ0n) is 15.0. The number of ketones is 1. The van der Waals surface area contributed by atoms with Gasteiger partial charge in [0, 0.05) is 18.5 Å². The van der Waals surface area contributed by atoms with Crippen LogP contribution in [-0.2, 0) is 20.7 Å². The van der Waals surface area contributed by atoms with E-state index in [2.05, 4.69) is 4.90 Å². The number of rotatable bonds is 3. The van der Waals surface area contributed by atoms with E-state index >= 15 is 0 Å². The maximum atomic E-state index is 12.4. The number of methoxy groups -OCH3 is 3. The van der Waals surface area contributed by atoms with Gasteiger partial charge in [-0.05, 0) is 36.6 Å². The molecule has 6 nitrogen and oxygen atoms in total. The Kier molecular flexibility index (Phi) is 4.81. The molecular weight excluding hydrogens is 322 g/mol. The van der Waals surface area contributed by atoms with Gasteiger partial charge in [0.1, 0.15) is 6.04 Å². The lowest BCUT2D eigenvalue weighted by atomic mass is 9.80. The number of allylic oxidation sites excluding steroid dienone is 1. The number of esters is 1. The van der Waals surface area contributed by atoms with Crippen molar-refractivity contribution in [3.05, 3.63) is 34.9 Å². The molecule has 2 atom stereocenters. The fraction of sp³-hybridized carbons (Fsp3) is 0.474. The predicted octanol–water partition coefficient (Wildman–Crippen LogP) is 2.06. The Labute approximate surface area is 147 Å². The summed E-state index contributed by atoms with van der Waals surface area (Å²) >= 11 is 0. The summed E-state index contributed by atoms with van der Waals surface area (Å²) < 4.78 is 15.8. The molecule has 0 N–H and O–H groups in total. The SMILES string of the molecule is C/C=C1/C(=O)CCN2C1c1cc(OC)c(OC)cc1C[C@H]2C(=O)OC. The third kappa shape index (κ3) is 2.80. The summed E-state index contributed by atoms with van der Waals surface area (Å²) in [5.41, 5.74) is 2.68. The number of benzene rings is 1. The summed E-state index contributed by atoms with van der Waals surface area (Å²) in [6.45, 7) is 2.40. The minimum atomic E-state index is -0.413. The summed E-state index contributed by atoms with van der Waals surface area (Å²) in [4.78, 5) is 26.9. The Hall–Kier alpha value is -2.34. The minimum Gasteiger partial charge on any atom is -0.493 e. The first-order chi connectivity index (χ1) is 12.0. The Bertz CT molecular complexity index is 740. The molecule has 1 aromatic rings. The normalized spacial score (nSPS) is 24.5. The van der Waals surface area contributed by atoms with Crippen molar-refractivity contribution in [2.45, 2.75) is 31.8 Å². The second-order valence-corrected chi connectivity index (χ2v) is 6.21. The Morgan fingerprint density at radius 1 is 1.20 bits per heavy atom. The van der Waals surface area contributed by atoms with Gasteiger partial charge in [-0.25, -0.2) is 0 Å². The van der Waals surface area contributed by atoms with Crippen molar-refractivity contribution in [3.8, 4) is 11.5 Å². The number of nitrogens with zero attached hydrogens (tertiary/aromatic N) is 1. The molecule has 0 aliphatic carbocycles. The van der Waals surface area contributed by atoms with E-state index in [1.165, 1.54) is 7.11 Å². The lowest BCUT2D eigenvalue weighted by Crippen LogP contribution is -2.52. The molecule has 6 heteroatoms. The van der Waals surface area contributed by atoms with Crippen LogP contribution in [0, 0.1) is 0 Å². The van der Waals surface area contributed by atoms with Gasteiger partial charge in [-0.3, -0.25) is 14.5 Å². The molecule has 2 heterocycles. The van der Waals surface area contributed by atoms with E-state index in [0.29, 0.717) is 36.5 Å². The van der Waals surface area contributed by atoms with E-state index in [9.17, 15) is 9.59 Å². The molecule has 0 bridgehead atoms. The average Bonchev–Trinajstić information content (AvgIpc) is 2.65. The molecule has 0 spiro atoms. The topological polar surface area (TPSA) is 65.1 Å². The Balaban J connectivity index is 2.19. The van der Waals surface area contributed by atoms with Crippen molar-refractivity contribution >= 4 is 11.8 Å². The number of fused-ring (bicyclic) bond motifs is 3. The van der Waals surface area contributed by atoms with Crippen LogP contribution < -0.4 is 9.47 Å². The molecular formula is C19H23NO5. The molecule has 0 aromatic heterocycles. The van der Waals surface area contributed by atoms with E-state index in [1.54, 1.807) is 14.2 Å². The molecule has 3 rings (SSSR count). The van der Waals surface area contributed by atoms with Crippen molar-refractivity contribution in [1.82, 2.24) is 4.90 Å². The van der Waals surface area contributed by atoms with Gasteiger partial charge in [-0.15, -0.1) is 0 Å². The van der Waals surface area contributed by atoms with Gasteiger partial charge in [0.05, 0.1) is 27.4 Å². The number of hydrogen-bond donors (Lipinski definition) is 0. The van der Waals surface area contributed by atoms with Crippen LogP contribution in [0.5, 0.6) is 11.5 Å². The fourth-order valence-electron chi connectivity index (χ4n) is 3.88. The highest BCUT2D eigenvalue weighted by molar-refractivity contribution is 5.98. The smallest absolute Gasteiger partial charge is 0.323 e. The van der Waals surface area contributed by atoms with Crippen LogP contribution in [0.15, 0.2) is 23.8 Å². The summed E-state index contributed by atoms with van der Waals surface area (Å²) in [7, 11) is 4.57. The zero-order valence-corrected chi connectivity index (χ0v) is 15.0. The van der Waals surface area contributed by atoms with Crippen LogP contribution in [0.4, 0.5) is 0 Å². The van der Waals surface area contributed by atoms with Crippen molar-refractivity contribution in [2.75, 3.05) is 27.9 Å². The van der Waals surface area contributed by atoms with E-state index in [0.717, 1.165) is 11.1 Å². The van der Waals surface area contributed by atoms with Crippen LogP contribution in [0.25, 0.3) is 0 Å². The number of ether oxygens (including phenoxy) is 3. The lowest BCUT2D eigenvalue weighted by Gasteiger charge is -2.45. The molecule has 134 valence electrons. The van der Waals surface area contributed by atoms with Crippen molar-refractivity contribution in [3.63, 3.8) is 0 Å². The van der Waals surface area contributed by atoms with E-state index in [4.69, 9.17) is 14.2 Å². The van der Waals surface area contributed by atoms with Gasteiger partial charge >= 0.3 is 5.97 Å². The molecule has 1 aromatic carbocycles. The molecule has 2 aliphatic rings. The fourth-order valence-corrected chi connectivity index (χ4v) is 3.88. The van der Waals surface area contributed by atoms with Gasteiger partial charge in [0.2, 0.25) is 0 Å². The zero-order chi connectivity index (χ0) is 18.1. The minimum absolute atomic E-state index is 0.120. The largest absolute Gasteiger partial charge is 0.493 e. The van der Waals surface area contributed by atoms with E-state index < -0.39 is 6.04 Å². The van der Waals surface area contributed by atoms with Gasteiger partial charge < -0.3 is 14.2 Å². The summed E-state index contributed by atoms with van der Waals surface area (Å²) in [5, 5.41) is 0. The molecule has 2 aliphatic heterocycles. The standard InChI is InChI=1S/C19H23NO5/c1-5-12-15(21)6-7-20-14(19(22)25-4)8-11-9-16(23-2)17(24-3)10-13(11)18(12)20/h5,9-10,14,18H,6-8H2,1-4H3/b12-5-/t14-,18?/m0/s1. The first-order valence-corrected chi connectivity index (χ1v) is 8.33. The van der Waals surface area contributed by atoms with Crippen LogP contribution >= 0.6 is 0 Å². The van der Waals surface area contributed by atoms with Gasteiger partial charge in [-0.2, -0.15) is 0 Å². The van der Waals surface area contributed by atoms with Gasteiger partial charge in [-0.1, -0.05) is 6.08 Å². The van der Waals surface area contributed by atoms with Crippen molar-refractivity contribution in [1.29, 1.82) is 0 Å². The molecule has 0 amide bonds. The molecule has 0 saturated carbocycles. The van der Waals surface area contributed by atoms with E-state index in [-0.39, 0.29) is 17.8 Å². The maximum Gasteiger partial charge on any atom is 0.323 e. The number of Topliss-reactive ketones (excluding diaryl/α,β-unsaturated/α-hetero) is 1. The molecule has 1 saturated heterocycles. The van der Waals surface area contributed by atoms with Crippen molar-refractivity contribution in [2.24, 2.45) is 0 Å². The average molecular weight is 345 g/mol.